The molecule has 4 rings (SSSR count). The van der Waals surface area contributed by atoms with Crippen LogP contribution in [0.25, 0.3) is 0 Å². The number of thiophene rings is 1. The summed E-state index contributed by atoms with van der Waals surface area (Å²) in [5.74, 6) is 1.27. The van der Waals surface area contributed by atoms with Crippen LogP contribution in [0.1, 0.15) is 45.8 Å². The van der Waals surface area contributed by atoms with Crippen molar-refractivity contribution < 1.29 is 19.1 Å². The van der Waals surface area contributed by atoms with Crippen molar-refractivity contribution in [3.8, 4) is 11.5 Å². The van der Waals surface area contributed by atoms with E-state index in [1.54, 1.807) is 37.7 Å². The van der Waals surface area contributed by atoms with Crippen molar-refractivity contribution in [1.82, 2.24) is 4.90 Å². The summed E-state index contributed by atoms with van der Waals surface area (Å²) in [4.78, 5) is 29.7. The molecule has 1 saturated heterocycles. The van der Waals surface area contributed by atoms with Crippen LogP contribution < -0.4 is 14.8 Å². The Kier molecular flexibility index (Phi) is 6.27. The van der Waals surface area contributed by atoms with Crippen LogP contribution in [0.4, 0.5) is 5.69 Å². The van der Waals surface area contributed by atoms with Gasteiger partial charge in [0.1, 0.15) is 0 Å². The first-order valence-electron chi connectivity index (χ1n) is 10.5. The molecule has 0 saturated carbocycles. The van der Waals surface area contributed by atoms with E-state index >= 15 is 0 Å². The lowest BCUT2D eigenvalue weighted by molar-refractivity contribution is -0.120. The van der Waals surface area contributed by atoms with Gasteiger partial charge in [0.2, 0.25) is 5.91 Å². The molecule has 2 aromatic rings. The maximum Gasteiger partial charge on any atom is 0.263 e. The summed E-state index contributed by atoms with van der Waals surface area (Å²) in [7, 11) is 3.16. The lowest BCUT2D eigenvalue weighted by Crippen LogP contribution is -2.35. The number of benzene rings is 1. The molecule has 1 fully saturated rings. The van der Waals surface area contributed by atoms with Crippen LogP contribution in [0.5, 0.6) is 11.5 Å². The molecule has 160 valence electrons. The summed E-state index contributed by atoms with van der Waals surface area (Å²) in [5.41, 5.74) is 1.84. The fourth-order valence-corrected chi connectivity index (χ4v) is 5.44. The van der Waals surface area contributed by atoms with Crippen LogP contribution in [0.15, 0.2) is 24.3 Å². The van der Waals surface area contributed by atoms with Gasteiger partial charge in [-0.05, 0) is 62.3 Å². The summed E-state index contributed by atoms with van der Waals surface area (Å²) in [6.45, 7) is 1.72. The van der Waals surface area contributed by atoms with E-state index in [2.05, 4.69) is 5.32 Å². The minimum absolute atomic E-state index is 0.00276. The Balaban J connectivity index is 1.42. The van der Waals surface area contributed by atoms with E-state index in [0.29, 0.717) is 23.6 Å². The van der Waals surface area contributed by atoms with Crippen LogP contribution in [-0.4, -0.2) is 44.0 Å². The number of methoxy groups -OCH3 is 2. The molecule has 1 aliphatic heterocycles. The number of piperidine rings is 1. The lowest BCUT2D eigenvalue weighted by atomic mass is 9.87. The van der Waals surface area contributed by atoms with Gasteiger partial charge < -0.3 is 19.7 Å². The molecule has 0 bridgehead atoms. The van der Waals surface area contributed by atoms with Gasteiger partial charge in [0.05, 0.1) is 19.1 Å². The largest absolute Gasteiger partial charge is 0.493 e. The lowest BCUT2D eigenvalue weighted by Gasteiger charge is -2.26. The van der Waals surface area contributed by atoms with E-state index in [0.717, 1.165) is 49.2 Å². The molecule has 0 radical (unpaired) electrons. The highest BCUT2D eigenvalue weighted by Gasteiger charge is 2.29. The molecule has 2 amide bonds. The minimum Gasteiger partial charge on any atom is -0.493 e. The molecular formula is C23H28N2O4S. The zero-order chi connectivity index (χ0) is 21.1. The van der Waals surface area contributed by atoms with Crippen molar-refractivity contribution in [3.05, 3.63) is 39.6 Å². The van der Waals surface area contributed by atoms with Gasteiger partial charge in [0, 0.05) is 35.6 Å². The molecule has 2 aliphatic rings. The quantitative estimate of drug-likeness (QED) is 0.777. The topological polar surface area (TPSA) is 67.9 Å². The zero-order valence-corrected chi connectivity index (χ0v) is 18.3. The Labute approximate surface area is 181 Å². The number of amides is 2. The number of rotatable bonds is 5. The number of hydrogen-bond donors (Lipinski definition) is 1. The van der Waals surface area contributed by atoms with Crippen molar-refractivity contribution in [1.29, 1.82) is 0 Å². The average Bonchev–Trinajstić information content (AvgIpc) is 3.22. The fraction of sp³-hybridized carbons (Fsp3) is 0.478. The number of fused-ring (bicyclic) bond motifs is 1. The van der Waals surface area contributed by atoms with Gasteiger partial charge in [-0.2, -0.15) is 0 Å². The summed E-state index contributed by atoms with van der Waals surface area (Å²) < 4.78 is 10.6. The van der Waals surface area contributed by atoms with Gasteiger partial charge in [-0.3, -0.25) is 9.59 Å². The second-order valence-electron chi connectivity index (χ2n) is 7.91. The van der Waals surface area contributed by atoms with E-state index in [-0.39, 0.29) is 17.7 Å². The Morgan fingerprint density at radius 3 is 2.57 bits per heavy atom. The van der Waals surface area contributed by atoms with Crippen LogP contribution in [0.3, 0.4) is 0 Å². The molecule has 0 unspecified atom stereocenters. The number of nitrogens with one attached hydrogen (secondary N) is 1. The second kappa shape index (κ2) is 9.08. The van der Waals surface area contributed by atoms with E-state index in [4.69, 9.17) is 9.47 Å². The number of carbonyl (C=O) groups excluding carboxylic acids is 2. The first-order chi connectivity index (χ1) is 14.6. The maximum atomic E-state index is 12.9. The van der Waals surface area contributed by atoms with Crippen molar-refractivity contribution in [2.45, 2.75) is 38.5 Å². The third-order valence-corrected chi connectivity index (χ3v) is 7.18. The average molecular weight is 429 g/mol. The highest BCUT2D eigenvalue weighted by atomic mass is 32.1. The normalized spacial score (nSPS) is 18.5. The Morgan fingerprint density at radius 2 is 1.83 bits per heavy atom. The van der Waals surface area contributed by atoms with Gasteiger partial charge in [-0.25, -0.2) is 0 Å². The highest BCUT2D eigenvalue weighted by Crippen LogP contribution is 2.35. The molecule has 1 aromatic heterocycles. The Morgan fingerprint density at radius 1 is 1.07 bits per heavy atom. The molecule has 7 heteroatoms. The van der Waals surface area contributed by atoms with Gasteiger partial charge >= 0.3 is 0 Å². The molecule has 2 heterocycles. The third-order valence-electron chi connectivity index (χ3n) is 5.96. The number of hydrogen-bond acceptors (Lipinski definition) is 5. The number of carbonyl (C=O) groups is 2. The molecule has 1 N–H and O–H groups in total. The molecule has 30 heavy (non-hydrogen) atoms. The number of anilines is 1. The summed E-state index contributed by atoms with van der Waals surface area (Å²) in [5, 5.41) is 3.00. The standard InChI is InChI=1S/C23H28N2O4S/c1-28-18-8-7-17(14-19(18)29-2)24-22(26)15-6-9-20-16(12-15)13-21(30-20)23(27)25-10-4-3-5-11-25/h7-8,13-15H,3-6,9-12H2,1-2H3,(H,24,26)/t15-/m1/s1. The Bertz CT molecular complexity index is 933. The van der Waals surface area contributed by atoms with Crippen molar-refractivity contribution in [2.24, 2.45) is 5.92 Å². The fourth-order valence-electron chi connectivity index (χ4n) is 4.26. The summed E-state index contributed by atoms with van der Waals surface area (Å²) >= 11 is 1.61. The van der Waals surface area contributed by atoms with E-state index in [1.165, 1.54) is 11.3 Å². The monoisotopic (exact) mass is 428 g/mol. The molecule has 1 atom stereocenters. The molecule has 1 aliphatic carbocycles. The van der Waals surface area contributed by atoms with Crippen LogP contribution >= 0.6 is 11.3 Å². The molecule has 0 spiro atoms. The van der Waals surface area contributed by atoms with Crippen molar-refractivity contribution in [2.75, 3.05) is 32.6 Å². The number of likely N-dealkylation sites (tertiary alicyclic amines) is 1. The third kappa shape index (κ3) is 4.31. The zero-order valence-electron chi connectivity index (χ0n) is 17.5. The number of ether oxygens (including phenoxy) is 2. The van der Waals surface area contributed by atoms with E-state index < -0.39 is 0 Å². The molecule has 1 aromatic carbocycles. The predicted octanol–water partition coefficient (Wildman–Crippen LogP) is 4.14. The van der Waals surface area contributed by atoms with E-state index in [9.17, 15) is 9.59 Å². The summed E-state index contributed by atoms with van der Waals surface area (Å²) in [6, 6.07) is 7.38. The Hall–Kier alpha value is -2.54. The predicted molar refractivity (Wildman–Crippen MR) is 118 cm³/mol. The van der Waals surface area contributed by atoms with E-state index in [1.807, 2.05) is 17.0 Å². The van der Waals surface area contributed by atoms with Gasteiger partial charge in [0.15, 0.2) is 11.5 Å². The highest BCUT2D eigenvalue weighted by molar-refractivity contribution is 7.14. The number of nitrogens with zero attached hydrogens (tertiary/aromatic N) is 1. The van der Waals surface area contributed by atoms with Crippen LogP contribution in [0, 0.1) is 5.92 Å². The van der Waals surface area contributed by atoms with Gasteiger partial charge in [0.25, 0.3) is 5.91 Å². The van der Waals surface area contributed by atoms with Crippen molar-refractivity contribution >= 4 is 28.8 Å². The first-order valence-corrected chi connectivity index (χ1v) is 11.3. The van der Waals surface area contributed by atoms with Gasteiger partial charge in [-0.15, -0.1) is 11.3 Å². The molecular weight excluding hydrogens is 400 g/mol. The second-order valence-corrected chi connectivity index (χ2v) is 9.05. The first kappa shape index (κ1) is 20.7. The van der Waals surface area contributed by atoms with Crippen LogP contribution in [-0.2, 0) is 17.6 Å². The smallest absolute Gasteiger partial charge is 0.263 e. The summed E-state index contributed by atoms with van der Waals surface area (Å²) in [6.07, 6.45) is 5.71. The maximum absolute atomic E-state index is 12.9. The SMILES string of the molecule is COc1ccc(NC(=O)[C@@H]2CCc3sc(C(=O)N4CCCCC4)cc3C2)cc1OC. The molecule has 6 nitrogen and oxygen atoms in total. The van der Waals surface area contributed by atoms with Crippen molar-refractivity contribution in [3.63, 3.8) is 0 Å². The number of aryl methyl sites for hydroxylation is 1. The van der Waals surface area contributed by atoms with Gasteiger partial charge in [-0.1, -0.05) is 0 Å². The van der Waals surface area contributed by atoms with Crippen LogP contribution in [0.2, 0.25) is 0 Å². The minimum atomic E-state index is -0.0989.